The average Bonchev–Trinajstić information content (AvgIpc) is 3.03. The second-order valence-electron chi connectivity index (χ2n) is 7.54. The van der Waals surface area contributed by atoms with Crippen molar-refractivity contribution in [3.8, 4) is 5.75 Å². The number of rotatable bonds is 7. The Morgan fingerprint density at radius 3 is 2.30 bits per heavy atom. The lowest BCUT2D eigenvalue weighted by Crippen LogP contribution is -2.43. The molecule has 1 saturated heterocycles. The highest BCUT2D eigenvalue weighted by atomic mass is 16.5. The molecule has 0 atom stereocenters. The van der Waals surface area contributed by atoms with Crippen LogP contribution >= 0.6 is 0 Å². The van der Waals surface area contributed by atoms with E-state index in [-0.39, 0.29) is 48.9 Å². The molecular weight excluding hydrogens is 344 g/mol. The van der Waals surface area contributed by atoms with Crippen molar-refractivity contribution in [3.05, 3.63) is 29.8 Å². The number of hydrogen-bond acceptors (Lipinski definition) is 4. The maximum absolute atomic E-state index is 12.3. The number of amides is 3. The van der Waals surface area contributed by atoms with Gasteiger partial charge in [0.1, 0.15) is 5.75 Å². The average molecular weight is 372 g/mol. The highest BCUT2D eigenvalue weighted by Crippen LogP contribution is 2.39. The van der Waals surface area contributed by atoms with Gasteiger partial charge in [-0.25, -0.2) is 0 Å². The van der Waals surface area contributed by atoms with Crippen molar-refractivity contribution in [1.82, 2.24) is 10.2 Å². The fourth-order valence-electron chi connectivity index (χ4n) is 4.18. The summed E-state index contributed by atoms with van der Waals surface area (Å²) < 4.78 is 5.26. The Hall–Kier alpha value is -2.37. The predicted molar refractivity (Wildman–Crippen MR) is 101 cm³/mol. The number of benzene rings is 1. The molecule has 0 radical (unpaired) electrons. The highest BCUT2D eigenvalue weighted by Gasteiger charge is 2.34. The van der Waals surface area contributed by atoms with Gasteiger partial charge in [0.15, 0.2) is 0 Å². The highest BCUT2D eigenvalue weighted by molar-refractivity contribution is 6.02. The topological polar surface area (TPSA) is 75.7 Å². The molecule has 2 aliphatic rings. The maximum atomic E-state index is 12.3. The number of carbonyl (C=O) groups excluding carboxylic acids is 3. The quantitative estimate of drug-likeness (QED) is 0.747. The fourth-order valence-corrected chi connectivity index (χ4v) is 4.18. The van der Waals surface area contributed by atoms with Crippen molar-refractivity contribution in [2.45, 2.75) is 56.8 Å². The summed E-state index contributed by atoms with van der Waals surface area (Å²) in [7, 11) is 1.65. The summed E-state index contributed by atoms with van der Waals surface area (Å²) in [6.07, 6.45) is 6.31. The zero-order valence-corrected chi connectivity index (χ0v) is 16.0. The molecule has 1 heterocycles. The molecule has 146 valence electrons. The fraction of sp³-hybridized carbons (Fsp3) is 0.571. The van der Waals surface area contributed by atoms with Crippen LogP contribution in [0.5, 0.6) is 5.75 Å². The third kappa shape index (κ3) is 4.49. The van der Waals surface area contributed by atoms with Gasteiger partial charge in [0, 0.05) is 37.8 Å². The summed E-state index contributed by atoms with van der Waals surface area (Å²) in [4.78, 5) is 36.9. The first kappa shape index (κ1) is 19.4. The number of likely N-dealkylation sites (tertiary alicyclic amines) is 1. The van der Waals surface area contributed by atoms with Gasteiger partial charge >= 0.3 is 0 Å². The van der Waals surface area contributed by atoms with Crippen LogP contribution in [0, 0.1) is 0 Å². The van der Waals surface area contributed by atoms with Crippen LogP contribution in [-0.2, 0) is 19.8 Å². The SMILES string of the molecule is COc1ccc(C2(CNC(=O)CCN3C(=O)CCC3=O)CCCCC2)cc1. The van der Waals surface area contributed by atoms with Crippen LogP contribution in [0.15, 0.2) is 24.3 Å². The third-order valence-corrected chi connectivity index (χ3v) is 5.85. The number of nitrogens with zero attached hydrogens (tertiary/aromatic N) is 1. The van der Waals surface area contributed by atoms with Gasteiger partial charge in [-0.15, -0.1) is 0 Å². The van der Waals surface area contributed by atoms with Gasteiger partial charge in [0.2, 0.25) is 17.7 Å². The molecule has 3 amide bonds. The standard InChI is InChI=1S/C21H28N2O4/c1-27-17-7-5-16(6-8-17)21(12-3-2-4-13-21)15-22-18(24)11-14-23-19(25)9-10-20(23)26/h5-8H,2-4,9-15H2,1H3,(H,22,24). The first-order chi connectivity index (χ1) is 13.0. The Morgan fingerprint density at radius 1 is 1.07 bits per heavy atom. The monoisotopic (exact) mass is 372 g/mol. The lowest BCUT2D eigenvalue weighted by molar-refractivity contribution is -0.138. The van der Waals surface area contributed by atoms with Crippen LogP contribution in [0.2, 0.25) is 0 Å². The normalized spacial score (nSPS) is 19.2. The van der Waals surface area contributed by atoms with Crippen LogP contribution in [0.1, 0.15) is 56.9 Å². The van der Waals surface area contributed by atoms with Gasteiger partial charge < -0.3 is 10.1 Å². The molecule has 1 aliphatic heterocycles. The zero-order valence-electron chi connectivity index (χ0n) is 16.0. The second kappa shape index (κ2) is 8.55. The minimum absolute atomic E-state index is 0.0561. The third-order valence-electron chi connectivity index (χ3n) is 5.85. The summed E-state index contributed by atoms with van der Waals surface area (Å²) in [5.74, 6) is 0.374. The molecule has 3 rings (SSSR count). The van der Waals surface area contributed by atoms with Crippen LogP contribution < -0.4 is 10.1 Å². The molecule has 0 aromatic heterocycles. The van der Waals surface area contributed by atoms with E-state index in [9.17, 15) is 14.4 Å². The summed E-state index contributed by atoms with van der Waals surface area (Å²) in [6, 6.07) is 8.13. The second-order valence-corrected chi connectivity index (χ2v) is 7.54. The number of carbonyl (C=O) groups is 3. The molecule has 0 spiro atoms. The molecule has 1 aromatic rings. The largest absolute Gasteiger partial charge is 0.497 e. The van der Waals surface area contributed by atoms with Crippen LogP contribution in [0.3, 0.4) is 0 Å². The van der Waals surface area contributed by atoms with Crippen molar-refractivity contribution < 1.29 is 19.1 Å². The van der Waals surface area contributed by atoms with E-state index >= 15 is 0 Å². The summed E-state index contributed by atoms with van der Waals surface area (Å²) >= 11 is 0. The van der Waals surface area contributed by atoms with Crippen molar-refractivity contribution >= 4 is 17.7 Å². The molecule has 6 heteroatoms. The van der Waals surface area contributed by atoms with E-state index in [0.29, 0.717) is 6.54 Å². The van der Waals surface area contributed by atoms with Gasteiger partial charge in [-0.3, -0.25) is 19.3 Å². The van der Waals surface area contributed by atoms with E-state index in [1.54, 1.807) is 7.11 Å². The zero-order chi connectivity index (χ0) is 19.3. The molecule has 1 saturated carbocycles. The summed E-state index contributed by atoms with van der Waals surface area (Å²) in [5, 5.41) is 3.05. The first-order valence-corrected chi connectivity index (χ1v) is 9.78. The van der Waals surface area contributed by atoms with Crippen LogP contribution in [-0.4, -0.2) is 42.8 Å². The predicted octanol–water partition coefficient (Wildman–Crippen LogP) is 2.55. The Kier molecular flexibility index (Phi) is 6.14. The van der Waals surface area contributed by atoms with Crippen molar-refractivity contribution in [3.63, 3.8) is 0 Å². The Bertz CT molecular complexity index is 677. The van der Waals surface area contributed by atoms with E-state index < -0.39 is 0 Å². The Balaban J connectivity index is 1.60. The van der Waals surface area contributed by atoms with Gasteiger partial charge in [-0.05, 0) is 30.5 Å². The molecule has 1 aliphatic carbocycles. The Labute approximate surface area is 160 Å². The minimum Gasteiger partial charge on any atom is -0.497 e. The van der Waals surface area contributed by atoms with E-state index in [1.165, 1.54) is 16.9 Å². The van der Waals surface area contributed by atoms with Crippen LogP contribution in [0.4, 0.5) is 0 Å². The van der Waals surface area contributed by atoms with Gasteiger partial charge in [0.05, 0.1) is 7.11 Å². The number of nitrogens with one attached hydrogen (secondary N) is 1. The summed E-state index contributed by atoms with van der Waals surface area (Å²) in [6.45, 7) is 0.763. The lowest BCUT2D eigenvalue weighted by Gasteiger charge is -2.38. The minimum atomic E-state index is -0.171. The molecule has 6 nitrogen and oxygen atoms in total. The molecule has 2 fully saturated rings. The number of hydrogen-bond donors (Lipinski definition) is 1. The van der Waals surface area contributed by atoms with Gasteiger partial charge in [-0.2, -0.15) is 0 Å². The first-order valence-electron chi connectivity index (χ1n) is 9.78. The molecule has 27 heavy (non-hydrogen) atoms. The molecule has 0 unspecified atom stereocenters. The smallest absolute Gasteiger partial charge is 0.229 e. The van der Waals surface area contributed by atoms with Crippen LogP contribution in [0.25, 0.3) is 0 Å². The number of methoxy groups -OCH3 is 1. The van der Waals surface area contributed by atoms with Gasteiger partial charge in [-0.1, -0.05) is 31.4 Å². The van der Waals surface area contributed by atoms with Gasteiger partial charge in [0.25, 0.3) is 0 Å². The van der Waals surface area contributed by atoms with E-state index in [2.05, 4.69) is 17.4 Å². The van der Waals surface area contributed by atoms with E-state index in [1.807, 2.05) is 12.1 Å². The van der Waals surface area contributed by atoms with Crippen molar-refractivity contribution in [2.75, 3.05) is 20.2 Å². The molecule has 1 aromatic carbocycles. The number of imide groups is 1. The molecular formula is C21H28N2O4. The lowest BCUT2D eigenvalue weighted by atomic mass is 9.69. The number of ether oxygens (including phenoxy) is 1. The molecule has 0 bridgehead atoms. The molecule has 1 N–H and O–H groups in total. The summed E-state index contributed by atoms with van der Waals surface area (Å²) in [5.41, 5.74) is 1.17. The maximum Gasteiger partial charge on any atom is 0.229 e. The van der Waals surface area contributed by atoms with E-state index in [0.717, 1.165) is 31.4 Å². The van der Waals surface area contributed by atoms with Crippen molar-refractivity contribution in [1.29, 1.82) is 0 Å². The van der Waals surface area contributed by atoms with E-state index in [4.69, 9.17) is 4.74 Å². The Morgan fingerprint density at radius 2 is 1.70 bits per heavy atom. The van der Waals surface area contributed by atoms with Crippen molar-refractivity contribution in [2.24, 2.45) is 0 Å².